The SMILES string of the molecule is [BH3-][N@+]12CCC[C@H]1C(c1ccccc1)(c1ccccc1)O[B@@-]21OC(c2ccccc2)(c2ccccc2)[C@@H]2CCCN21. The number of benzene rings is 4. The monoisotopic (exact) mass is 527 g/mol. The van der Waals surface area contributed by atoms with Crippen LogP contribution in [0, 0.1) is 0 Å². The summed E-state index contributed by atoms with van der Waals surface area (Å²) < 4.78 is 16.9. The van der Waals surface area contributed by atoms with Crippen molar-refractivity contribution in [3.63, 3.8) is 0 Å². The molecule has 4 heterocycles. The van der Waals surface area contributed by atoms with E-state index in [4.69, 9.17) is 9.31 Å². The zero-order valence-corrected chi connectivity index (χ0v) is 22.2. The minimum atomic E-state index is -1.78. The molecule has 0 amide bonds. The van der Waals surface area contributed by atoms with Crippen LogP contribution in [0.4, 0.5) is 0 Å². The highest BCUT2D eigenvalue weighted by Crippen LogP contribution is 2.63. The van der Waals surface area contributed by atoms with Gasteiger partial charge in [0.25, 0.3) is 0 Å². The molecular weight excluding hydrogens is 490 g/mol. The van der Waals surface area contributed by atoms with E-state index in [1.807, 2.05) is 0 Å². The molecule has 4 nitrogen and oxygen atoms in total. The predicted octanol–water partition coefficient (Wildman–Crippen LogP) is 5.09. The van der Waals surface area contributed by atoms with Crippen LogP contribution in [0.25, 0.3) is 0 Å². The molecule has 0 unspecified atom stereocenters. The van der Waals surface area contributed by atoms with Crippen LogP contribution in [-0.4, -0.2) is 49.1 Å². The summed E-state index contributed by atoms with van der Waals surface area (Å²) in [6.45, 7) is 0.413. The summed E-state index contributed by atoms with van der Waals surface area (Å²) in [6.07, 6.45) is 4.69. The molecule has 0 saturated carbocycles. The summed E-state index contributed by atoms with van der Waals surface area (Å²) in [4.78, 5) is 2.75. The maximum Gasteiger partial charge on any atom is 0.516 e. The number of nitrogens with zero attached hydrogens (tertiary/aromatic N) is 2. The van der Waals surface area contributed by atoms with Crippen molar-refractivity contribution < 1.29 is 13.6 Å². The number of hydrogen-bond donors (Lipinski definition) is 0. The van der Waals surface area contributed by atoms with Crippen LogP contribution in [0.2, 0.25) is 0 Å². The molecule has 4 aromatic carbocycles. The molecule has 40 heavy (non-hydrogen) atoms. The highest BCUT2D eigenvalue weighted by molar-refractivity contribution is 6.62. The fraction of sp³-hybridized carbons (Fsp3) is 0.294. The second-order valence-electron chi connectivity index (χ2n) is 11.6. The van der Waals surface area contributed by atoms with Crippen LogP contribution in [0.5, 0.6) is 0 Å². The molecule has 0 aliphatic carbocycles. The molecule has 0 radical (unpaired) electrons. The number of fused-ring (bicyclic) bond motifs is 4. The number of hydrogen-bond acceptors (Lipinski definition) is 3. The maximum absolute atomic E-state index is 7.95. The lowest BCUT2D eigenvalue weighted by Gasteiger charge is -2.60. The molecule has 202 valence electrons. The molecule has 4 saturated heterocycles. The van der Waals surface area contributed by atoms with Gasteiger partial charge in [-0.2, -0.15) is 0 Å². The molecular formula is C34H37B2N2O2-. The summed E-state index contributed by atoms with van der Waals surface area (Å²) in [5, 5.41) is 0. The molecule has 4 fully saturated rings. The average molecular weight is 527 g/mol. The van der Waals surface area contributed by atoms with Gasteiger partial charge < -0.3 is 18.4 Å². The van der Waals surface area contributed by atoms with Crippen molar-refractivity contribution in [3.8, 4) is 0 Å². The van der Waals surface area contributed by atoms with E-state index in [9.17, 15) is 0 Å². The largest absolute Gasteiger partial charge is 0.655 e. The molecule has 4 aromatic rings. The van der Waals surface area contributed by atoms with Crippen molar-refractivity contribution >= 4 is 14.8 Å². The first kappa shape index (κ1) is 24.6. The fourth-order valence-corrected chi connectivity index (χ4v) is 8.48. The average Bonchev–Trinajstić information content (AvgIpc) is 3.77. The van der Waals surface area contributed by atoms with E-state index in [1.165, 1.54) is 41.5 Å². The van der Waals surface area contributed by atoms with Gasteiger partial charge in [-0.15, -0.1) is 0 Å². The van der Waals surface area contributed by atoms with E-state index in [-0.39, 0.29) is 14.0 Å². The Morgan fingerprint density at radius 1 is 0.625 bits per heavy atom. The van der Waals surface area contributed by atoms with Gasteiger partial charge in [0.2, 0.25) is 0 Å². The van der Waals surface area contributed by atoms with Crippen molar-refractivity contribution in [2.45, 2.75) is 49.0 Å². The standard InChI is InChI=1S/C34H37B2N2O2/c35-38-26-14-24-32(38)34(29-19-9-3-10-20-29,30-21-11-4-12-22-30)40-36(38)37-25-13-23-31(37)33(39-36,27-15-5-1-6-16-27)28-17-7-2-8-18-28/h1-12,15-22,31-32H,13-14,23-26H2,35H3/q-1/t31-,32-,36+,38-/m0/s1. The van der Waals surface area contributed by atoms with Crippen LogP contribution >= 0.6 is 0 Å². The van der Waals surface area contributed by atoms with E-state index in [2.05, 4.69) is 126 Å². The molecule has 6 heteroatoms. The molecule has 0 N–H and O–H groups in total. The third kappa shape index (κ3) is 3.03. The molecule has 0 aromatic heterocycles. The highest BCUT2D eigenvalue weighted by Gasteiger charge is 2.75. The molecule has 1 spiro atoms. The van der Waals surface area contributed by atoms with Crippen LogP contribution in [0.1, 0.15) is 47.9 Å². The molecule has 0 bridgehead atoms. The van der Waals surface area contributed by atoms with Crippen LogP contribution in [0.15, 0.2) is 121 Å². The third-order valence-corrected chi connectivity index (χ3v) is 9.85. The van der Waals surface area contributed by atoms with Gasteiger partial charge in [0.1, 0.15) is 13.6 Å². The van der Waals surface area contributed by atoms with E-state index in [1.54, 1.807) is 0 Å². The van der Waals surface area contributed by atoms with Gasteiger partial charge in [0, 0.05) is 25.0 Å². The smallest absolute Gasteiger partial charge is 0.516 e. The van der Waals surface area contributed by atoms with Crippen LogP contribution in [-0.2, 0) is 20.5 Å². The Labute approximate surface area is 238 Å². The van der Waals surface area contributed by atoms with E-state index in [0.717, 1.165) is 23.8 Å². The maximum atomic E-state index is 7.95. The van der Waals surface area contributed by atoms with Gasteiger partial charge in [-0.25, -0.2) is 0 Å². The van der Waals surface area contributed by atoms with Crippen molar-refractivity contribution in [3.05, 3.63) is 144 Å². The van der Waals surface area contributed by atoms with E-state index >= 15 is 0 Å². The minimum Gasteiger partial charge on any atom is -0.655 e. The zero-order chi connectivity index (χ0) is 26.8. The third-order valence-electron chi connectivity index (χ3n) is 9.85. The Morgan fingerprint density at radius 2 is 1.07 bits per heavy atom. The topological polar surface area (TPSA) is 21.7 Å². The lowest BCUT2D eigenvalue weighted by atomic mass is 9.74. The summed E-state index contributed by atoms with van der Waals surface area (Å²) in [6, 6.07) is 44.8. The number of rotatable bonds is 4. The Morgan fingerprint density at radius 3 is 1.57 bits per heavy atom. The van der Waals surface area contributed by atoms with Gasteiger partial charge >= 0.3 is 6.82 Å². The van der Waals surface area contributed by atoms with Gasteiger partial charge in [0.05, 0.1) is 5.60 Å². The lowest BCUT2D eigenvalue weighted by Crippen LogP contribution is -2.73. The normalized spacial score (nSPS) is 31.8. The van der Waals surface area contributed by atoms with Crippen LogP contribution < -0.4 is 0 Å². The second kappa shape index (κ2) is 8.92. The van der Waals surface area contributed by atoms with Gasteiger partial charge in [-0.05, 0) is 48.1 Å². The fourth-order valence-electron chi connectivity index (χ4n) is 8.48. The summed E-state index contributed by atoms with van der Waals surface area (Å²) in [7, 11) is -0.225. The minimum absolute atomic E-state index is 0.225. The zero-order valence-electron chi connectivity index (χ0n) is 22.2. The Kier molecular flexibility index (Phi) is 5.50. The van der Waals surface area contributed by atoms with Gasteiger partial charge in [0.15, 0.2) is 0 Å². The van der Waals surface area contributed by atoms with Crippen LogP contribution in [0.3, 0.4) is 0 Å². The first-order valence-electron chi connectivity index (χ1n) is 14.6. The van der Waals surface area contributed by atoms with E-state index < -0.39 is 18.0 Å². The lowest BCUT2D eigenvalue weighted by molar-refractivity contribution is -0.738. The quantitative estimate of drug-likeness (QED) is 0.345. The second-order valence-corrected chi connectivity index (χ2v) is 11.6. The number of quaternary nitrogens is 1. The van der Waals surface area contributed by atoms with Crippen molar-refractivity contribution in [1.82, 2.24) is 4.81 Å². The Bertz CT molecular complexity index is 1420. The first-order valence-corrected chi connectivity index (χ1v) is 14.6. The predicted molar refractivity (Wildman–Crippen MR) is 163 cm³/mol. The Balaban J connectivity index is 1.40. The Hall–Kier alpha value is -3.15. The first-order chi connectivity index (χ1) is 19.7. The summed E-state index contributed by atoms with van der Waals surface area (Å²) in [5.74, 6) is 0. The van der Waals surface area contributed by atoms with Crippen molar-refractivity contribution in [2.75, 3.05) is 13.1 Å². The van der Waals surface area contributed by atoms with Gasteiger partial charge in [-0.1, -0.05) is 121 Å². The van der Waals surface area contributed by atoms with E-state index in [0.29, 0.717) is 6.04 Å². The molecule has 4 aliphatic rings. The van der Waals surface area contributed by atoms with Crippen molar-refractivity contribution in [2.24, 2.45) is 0 Å². The van der Waals surface area contributed by atoms with Gasteiger partial charge in [-0.3, -0.25) is 0 Å². The molecule has 4 atom stereocenters. The molecule has 4 aliphatic heterocycles. The molecule has 8 rings (SSSR count). The summed E-state index contributed by atoms with van der Waals surface area (Å²) in [5.41, 5.74) is 3.95. The highest BCUT2D eigenvalue weighted by atomic mass is 16.7. The summed E-state index contributed by atoms with van der Waals surface area (Å²) >= 11 is 0. The van der Waals surface area contributed by atoms with Crippen molar-refractivity contribution in [1.29, 1.82) is 0 Å².